The molecule has 7 nitrogen and oxygen atoms in total. The Hall–Kier alpha value is -4.10. The highest BCUT2D eigenvalue weighted by Crippen LogP contribution is 2.42. The maximum Gasteiger partial charge on any atom is 0.337 e. The highest BCUT2D eigenvalue weighted by Gasteiger charge is 2.48. The average Bonchev–Trinajstić information content (AvgIpc) is 3.29. The van der Waals surface area contributed by atoms with E-state index in [1.807, 2.05) is 48.5 Å². The standard InChI is InChI=1S/C29H24ClN3O4/c1-37-29(36)19-10-8-18(9-11-19)27-26-22(21-4-2-3-5-23(21)31-26)14-24-28(35)32(16-25(34)33(24)27)15-17-6-12-20(30)13-7-17/h2-13,24,27,31H,14-16H2,1H3/t24-,27?/m0/s1. The number of methoxy groups -OCH3 is 1. The molecular formula is C29H24ClN3O4. The van der Waals surface area contributed by atoms with Gasteiger partial charge < -0.3 is 19.5 Å². The summed E-state index contributed by atoms with van der Waals surface area (Å²) in [5.74, 6) is -0.631. The molecule has 186 valence electrons. The molecule has 0 bridgehead atoms. The van der Waals surface area contributed by atoms with Crippen molar-refractivity contribution in [1.82, 2.24) is 14.8 Å². The molecule has 0 saturated carbocycles. The van der Waals surface area contributed by atoms with Crippen LogP contribution in [0.25, 0.3) is 10.9 Å². The van der Waals surface area contributed by atoms with E-state index in [0.29, 0.717) is 23.6 Å². The lowest BCUT2D eigenvalue weighted by Gasteiger charge is -2.47. The predicted octanol–water partition coefficient (Wildman–Crippen LogP) is 4.49. The van der Waals surface area contributed by atoms with Crippen molar-refractivity contribution < 1.29 is 19.1 Å². The molecule has 0 radical (unpaired) electrons. The molecule has 3 heterocycles. The molecule has 1 aromatic heterocycles. The van der Waals surface area contributed by atoms with Gasteiger partial charge in [0.05, 0.1) is 18.7 Å². The Balaban J connectivity index is 1.42. The molecule has 1 fully saturated rings. The van der Waals surface area contributed by atoms with Gasteiger partial charge in [-0.3, -0.25) is 9.59 Å². The summed E-state index contributed by atoms with van der Waals surface area (Å²) in [6.07, 6.45) is 0.428. The Morgan fingerprint density at radius 3 is 2.49 bits per heavy atom. The third-order valence-corrected chi connectivity index (χ3v) is 7.53. The molecule has 2 aliphatic rings. The van der Waals surface area contributed by atoms with E-state index in [0.717, 1.165) is 33.3 Å². The zero-order valence-electron chi connectivity index (χ0n) is 20.1. The topological polar surface area (TPSA) is 82.7 Å². The van der Waals surface area contributed by atoms with Crippen LogP contribution in [0, 0.1) is 0 Å². The summed E-state index contributed by atoms with van der Waals surface area (Å²) >= 11 is 6.02. The molecule has 8 heteroatoms. The second-order valence-electron chi connectivity index (χ2n) is 9.42. The molecule has 1 N–H and O–H groups in total. The Morgan fingerprint density at radius 2 is 1.76 bits per heavy atom. The van der Waals surface area contributed by atoms with Crippen LogP contribution in [0.3, 0.4) is 0 Å². The number of carbonyl (C=O) groups is 3. The van der Waals surface area contributed by atoms with Crippen molar-refractivity contribution in [3.8, 4) is 0 Å². The number of benzene rings is 3. The van der Waals surface area contributed by atoms with Crippen molar-refractivity contribution in [3.05, 3.63) is 106 Å². The molecule has 2 amide bonds. The first-order valence-corrected chi connectivity index (χ1v) is 12.4. The van der Waals surface area contributed by atoms with Crippen molar-refractivity contribution in [3.63, 3.8) is 0 Å². The molecule has 0 spiro atoms. The van der Waals surface area contributed by atoms with E-state index in [1.54, 1.807) is 34.1 Å². The Labute approximate surface area is 218 Å². The van der Waals surface area contributed by atoms with E-state index < -0.39 is 18.1 Å². The van der Waals surface area contributed by atoms with E-state index in [-0.39, 0.29) is 18.4 Å². The molecule has 4 aromatic rings. The van der Waals surface area contributed by atoms with Crippen molar-refractivity contribution in [1.29, 1.82) is 0 Å². The molecule has 3 aromatic carbocycles. The number of amides is 2. The summed E-state index contributed by atoms with van der Waals surface area (Å²) < 4.78 is 4.83. The summed E-state index contributed by atoms with van der Waals surface area (Å²) in [6.45, 7) is 0.329. The predicted molar refractivity (Wildman–Crippen MR) is 139 cm³/mol. The summed E-state index contributed by atoms with van der Waals surface area (Å²) in [7, 11) is 1.34. The largest absolute Gasteiger partial charge is 0.465 e. The fraction of sp³-hybridized carbons (Fsp3) is 0.207. The number of hydrogen-bond acceptors (Lipinski definition) is 4. The Bertz CT molecular complexity index is 1530. The number of hydrogen-bond donors (Lipinski definition) is 1. The molecule has 2 aliphatic heterocycles. The van der Waals surface area contributed by atoms with Crippen molar-refractivity contribution in [2.75, 3.05) is 13.7 Å². The lowest BCUT2D eigenvalue weighted by molar-refractivity contribution is -0.159. The van der Waals surface area contributed by atoms with E-state index >= 15 is 0 Å². The molecule has 1 unspecified atom stereocenters. The molecule has 0 aliphatic carbocycles. The minimum absolute atomic E-state index is 0.00966. The second-order valence-corrected chi connectivity index (χ2v) is 9.86. The number of piperazine rings is 1. The van der Waals surface area contributed by atoms with Crippen molar-refractivity contribution in [2.45, 2.75) is 25.0 Å². The minimum Gasteiger partial charge on any atom is -0.465 e. The van der Waals surface area contributed by atoms with Gasteiger partial charge in [0.25, 0.3) is 0 Å². The smallest absolute Gasteiger partial charge is 0.337 e. The van der Waals surface area contributed by atoms with Gasteiger partial charge in [-0.1, -0.05) is 54.1 Å². The van der Waals surface area contributed by atoms with Crippen LogP contribution in [0.2, 0.25) is 5.02 Å². The summed E-state index contributed by atoms with van der Waals surface area (Å²) in [5, 5.41) is 1.67. The number of rotatable bonds is 4. The fourth-order valence-electron chi connectivity index (χ4n) is 5.53. The number of carbonyl (C=O) groups excluding carboxylic acids is 3. The molecule has 1 saturated heterocycles. The van der Waals surface area contributed by atoms with Gasteiger partial charge in [0, 0.05) is 34.6 Å². The first-order valence-electron chi connectivity index (χ1n) is 12.1. The number of halogens is 1. The van der Waals surface area contributed by atoms with Crippen LogP contribution in [-0.4, -0.2) is 52.3 Å². The molecule has 2 atom stereocenters. The average molecular weight is 514 g/mol. The number of para-hydroxylation sites is 1. The fourth-order valence-corrected chi connectivity index (χ4v) is 5.66. The molecule has 6 rings (SSSR count). The third kappa shape index (κ3) is 3.96. The van der Waals surface area contributed by atoms with E-state index in [1.165, 1.54) is 7.11 Å². The van der Waals surface area contributed by atoms with Crippen molar-refractivity contribution in [2.24, 2.45) is 0 Å². The maximum atomic E-state index is 13.8. The maximum absolute atomic E-state index is 13.8. The van der Waals surface area contributed by atoms with Gasteiger partial charge in [0.15, 0.2) is 0 Å². The zero-order chi connectivity index (χ0) is 25.7. The highest BCUT2D eigenvalue weighted by atomic mass is 35.5. The van der Waals surface area contributed by atoms with Gasteiger partial charge in [-0.25, -0.2) is 4.79 Å². The summed E-state index contributed by atoms with van der Waals surface area (Å²) in [6, 6.07) is 21.2. The number of nitrogens with one attached hydrogen (secondary N) is 1. The monoisotopic (exact) mass is 513 g/mol. The first kappa shape index (κ1) is 23.3. The number of H-pyrrole nitrogens is 1. The van der Waals surface area contributed by atoms with Crippen molar-refractivity contribution >= 4 is 40.3 Å². The van der Waals surface area contributed by atoms with Crippen LogP contribution in [0.5, 0.6) is 0 Å². The second kappa shape index (κ2) is 9.09. The van der Waals surface area contributed by atoms with Gasteiger partial charge in [-0.05, 0) is 47.0 Å². The molecular weight excluding hydrogens is 490 g/mol. The van der Waals surface area contributed by atoms with E-state index in [2.05, 4.69) is 4.98 Å². The Kier molecular flexibility index (Phi) is 5.72. The van der Waals surface area contributed by atoms with E-state index in [4.69, 9.17) is 16.3 Å². The van der Waals surface area contributed by atoms with Crippen LogP contribution in [0.1, 0.15) is 38.8 Å². The highest BCUT2D eigenvalue weighted by molar-refractivity contribution is 6.30. The van der Waals surface area contributed by atoms with Gasteiger partial charge in [-0.2, -0.15) is 0 Å². The number of aromatic amines is 1. The quantitative estimate of drug-likeness (QED) is 0.407. The normalized spacial score (nSPS) is 19.1. The van der Waals surface area contributed by atoms with Crippen LogP contribution in [-0.2, 0) is 27.3 Å². The lowest BCUT2D eigenvalue weighted by atomic mass is 9.86. The van der Waals surface area contributed by atoms with Gasteiger partial charge in [0.2, 0.25) is 11.8 Å². The zero-order valence-corrected chi connectivity index (χ0v) is 20.9. The number of fused-ring (bicyclic) bond motifs is 4. The number of aromatic nitrogens is 1. The van der Waals surface area contributed by atoms with Crippen LogP contribution >= 0.6 is 11.6 Å². The summed E-state index contributed by atoms with van der Waals surface area (Å²) in [4.78, 5) is 46.4. The van der Waals surface area contributed by atoms with Crippen LogP contribution < -0.4 is 0 Å². The van der Waals surface area contributed by atoms with Gasteiger partial charge in [0.1, 0.15) is 12.6 Å². The first-order chi connectivity index (χ1) is 17.9. The van der Waals surface area contributed by atoms with Gasteiger partial charge in [-0.15, -0.1) is 0 Å². The van der Waals surface area contributed by atoms with Gasteiger partial charge >= 0.3 is 5.97 Å². The lowest BCUT2D eigenvalue weighted by Crippen LogP contribution is -2.62. The SMILES string of the molecule is COC(=O)c1ccc(C2c3[nH]c4ccccc4c3C[C@H]3C(=O)N(Cc4ccc(Cl)cc4)CC(=O)N23)cc1. The third-order valence-electron chi connectivity index (χ3n) is 7.28. The summed E-state index contributed by atoms with van der Waals surface area (Å²) in [5.41, 5.74) is 5.05. The number of ether oxygens (including phenoxy) is 1. The number of esters is 1. The molecule has 37 heavy (non-hydrogen) atoms. The number of nitrogens with zero attached hydrogens (tertiary/aromatic N) is 2. The van der Waals surface area contributed by atoms with Crippen LogP contribution in [0.4, 0.5) is 0 Å². The van der Waals surface area contributed by atoms with Crippen LogP contribution in [0.15, 0.2) is 72.8 Å². The minimum atomic E-state index is -0.634. The Morgan fingerprint density at radius 1 is 1.03 bits per heavy atom. The van der Waals surface area contributed by atoms with E-state index in [9.17, 15) is 14.4 Å².